The van der Waals surface area contributed by atoms with E-state index in [2.05, 4.69) is 74.6 Å². The first-order valence-corrected chi connectivity index (χ1v) is 10.3. The summed E-state index contributed by atoms with van der Waals surface area (Å²) in [5.74, 6) is 0.448. The number of hydrogen-bond acceptors (Lipinski definition) is 3. The molecule has 1 atom stereocenters. The van der Waals surface area contributed by atoms with E-state index in [-0.39, 0.29) is 11.9 Å². The van der Waals surface area contributed by atoms with Crippen LogP contribution in [0.15, 0.2) is 59.6 Å². The second-order valence-electron chi connectivity index (χ2n) is 7.03. The minimum atomic E-state index is 0.0601. The number of thioether (sulfide) groups is 1. The molecule has 1 amide bonds. The summed E-state index contributed by atoms with van der Waals surface area (Å²) in [5, 5.41) is 5.18. The highest BCUT2D eigenvalue weighted by atomic mass is 32.2. The number of carbonyl (C=O) groups excluding carboxylic acids is 1. The van der Waals surface area contributed by atoms with E-state index in [1.807, 2.05) is 6.07 Å². The molecular formula is C23H26N2OS. The molecule has 0 fully saturated rings. The van der Waals surface area contributed by atoms with Gasteiger partial charge >= 0.3 is 0 Å². The molecule has 2 aromatic carbocycles. The molecule has 140 valence electrons. The number of rotatable bonds is 7. The quantitative estimate of drug-likeness (QED) is 0.583. The van der Waals surface area contributed by atoms with Crippen LogP contribution in [0.4, 0.5) is 0 Å². The first-order chi connectivity index (χ1) is 13.0. The molecule has 0 radical (unpaired) electrons. The zero-order chi connectivity index (χ0) is 19.2. The first-order valence-electron chi connectivity index (χ1n) is 9.36. The van der Waals surface area contributed by atoms with Gasteiger partial charge in [-0.1, -0.05) is 60.3 Å². The van der Waals surface area contributed by atoms with Crippen LogP contribution >= 0.6 is 11.8 Å². The highest BCUT2D eigenvalue weighted by Crippen LogP contribution is 2.25. The summed E-state index contributed by atoms with van der Waals surface area (Å²) < 4.78 is 0. The minimum Gasteiger partial charge on any atom is -0.353 e. The smallest absolute Gasteiger partial charge is 0.230 e. The molecule has 27 heavy (non-hydrogen) atoms. The van der Waals surface area contributed by atoms with Gasteiger partial charge in [-0.15, -0.1) is 0 Å². The van der Waals surface area contributed by atoms with Gasteiger partial charge in [-0.2, -0.15) is 0 Å². The van der Waals surface area contributed by atoms with E-state index in [4.69, 9.17) is 4.98 Å². The summed E-state index contributed by atoms with van der Waals surface area (Å²) in [7, 11) is 0. The summed E-state index contributed by atoms with van der Waals surface area (Å²) in [4.78, 5) is 17.0. The maximum atomic E-state index is 12.3. The van der Waals surface area contributed by atoms with Crippen molar-refractivity contribution in [2.45, 2.75) is 44.7 Å². The molecular weight excluding hydrogens is 352 g/mol. The van der Waals surface area contributed by atoms with Crippen LogP contribution in [0.5, 0.6) is 0 Å². The number of benzene rings is 2. The number of fused-ring (bicyclic) bond motifs is 1. The number of nitrogens with one attached hydrogen (secondary N) is 1. The normalized spacial score (nSPS) is 12.1. The van der Waals surface area contributed by atoms with Crippen molar-refractivity contribution in [2.75, 3.05) is 5.75 Å². The first kappa shape index (κ1) is 19.4. The number of hydrogen-bond donors (Lipinski definition) is 1. The van der Waals surface area contributed by atoms with Crippen LogP contribution in [0.1, 0.15) is 30.0 Å². The third-order valence-corrected chi connectivity index (χ3v) is 5.60. The Morgan fingerprint density at radius 3 is 2.63 bits per heavy atom. The summed E-state index contributed by atoms with van der Waals surface area (Å²) in [5.41, 5.74) is 4.69. The fourth-order valence-corrected chi connectivity index (χ4v) is 3.94. The largest absolute Gasteiger partial charge is 0.353 e. The van der Waals surface area contributed by atoms with E-state index in [1.54, 1.807) is 0 Å². The van der Waals surface area contributed by atoms with E-state index in [9.17, 15) is 4.79 Å². The van der Waals surface area contributed by atoms with Crippen LogP contribution in [0.2, 0.25) is 0 Å². The Balaban J connectivity index is 1.53. The molecule has 4 heteroatoms. The fourth-order valence-electron chi connectivity index (χ4n) is 3.16. The molecule has 0 aliphatic carbocycles. The molecule has 3 aromatic rings. The van der Waals surface area contributed by atoms with Gasteiger partial charge in [0, 0.05) is 11.4 Å². The predicted octanol–water partition coefficient (Wildman–Crippen LogP) is 5.08. The van der Waals surface area contributed by atoms with Crippen LogP contribution in [-0.4, -0.2) is 22.7 Å². The lowest BCUT2D eigenvalue weighted by atomic mass is 10.1. The minimum absolute atomic E-state index is 0.0601. The van der Waals surface area contributed by atoms with Crippen molar-refractivity contribution in [3.05, 3.63) is 71.3 Å². The number of amides is 1. The van der Waals surface area contributed by atoms with Gasteiger partial charge in [0.1, 0.15) is 0 Å². The average molecular weight is 379 g/mol. The Kier molecular flexibility index (Phi) is 6.51. The summed E-state index contributed by atoms with van der Waals surface area (Å²) in [6.45, 7) is 6.23. The van der Waals surface area contributed by atoms with Crippen molar-refractivity contribution in [3.63, 3.8) is 0 Å². The maximum Gasteiger partial charge on any atom is 0.230 e. The molecule has 0 spiro atoms. The van der Waals surface area contributed by atoms with Gasteiger partial charge in [0.05, 0.1) is 16.3 Å². The molecule has 0 bridgehead atoms. The second kappa shape index (κ2) is 9.05. The molecule has 0 unspecified atom stereocenters. The standard InChI is InChI=1S/C23H26N2OS/c1-16-8-7-11-20-17(2)14-22(25-23(16)20)27-15-21(26)24-18(3)12-13-19-9-5-4-6-10-19/h4-11,14,18H,12-13,15H2,1-3H3,(H,24,26)/t18-/m1/s1. The highest BCUT2D eigenvalue weighted by Gasteiger charge is 2.10. The number of para-hydroxylation sites is 1. The molecule has 0 saturated carbocycles. The number of nitrogens with zero attached hydrogens (tertiary/aromatic N) is 1. The number of pyridine rings is 1. The Hall–Kier alpha value is -2.33. The van der Waals surface area contributed by atoms with Crippen LogP contribution < -0.4 is 5.32 Å². The Morgan fingerprint density at radius 2 is 1.85 bits per heavy atom. The highest BCUT2D eigenvalue weighted by molar-refractivity contribution is 7.99. The van der Waals surface area contributed by atoms with E-state index in [1.165, 1.54) is 28.3 Å². The molecule has 0 aliphatic heterocycles. The molecule has 0 aliphatic rings. The van der Waals surface area contributed by atoms with Crippen LogP contribution in [-0.2, 0) is 11.2 Å². The Labute approximate surface area is 165 Å². The lowest BCUT2D eigenvalue weighted by Crippen LogP contribution is -2.34. The van der Waals surface area contributed by atoms with Crippen LogP contribution in [0.3, 0.4) is 0 Å². The van der Waals surface area contributed by atoms with Crippen molar-refractivity contribution in [1.29, 1.82) is 0 Å². The van der Waals surface area contributed by atoms with E-state index in [0.717, 1.165) is 28.9 Å². The summed E-state index contributed by atoms with van der Waals surface area (Å²) in [6.07, 6.45) is 1.91. The third-order valence-electron chi connectivity index (χ3n) is 4.69. The van der Waals surface area contributed by atoms with E-state index < -0.39 is 0 Å². The van der Waals surface area contributed by atoms with Gasteiger partial charge in [-0.3, -0.25) is 4.79 Å². The summed E-state index contributed by atoms with van der Waals surface area (Å²) in [6, 6.07) is 18.8. The SMILES string of the molecule is Cc1cc(SCC(=O)N[C@H](C)CCc2ccccc2)nc2c(C)cccc12. The van der Waals surface area contributed by atoms with Crippen molar-refractivity contribution >= 4 is 28.6 Å². The number of carbonyl (C=O) groups is 1. The van der Waals surface area contributed by atoms with Crippen LogP contribution in [0, 0.1) is 13.8 Å². The van der Waals surface area contributed by atoms with Gasteiger partial charge in [-0.25, -0.2) is 4.98 Å². The number of aryl methyl sites for hydroxylation is 3. The average Bonchev–Trinajstić information content (AvgIpc) is 2.66. The van der Waals surface area contributed by atoms with Crippen LogP contribution in [0.25, 0.3) is 10.9 Å². The Bertz CT molecular complexity index is 924. The van der Waals surface area contributed by atoms with Gasteiger partial charge in [0.15, 0.2) is 0 Å². The lowest BCUT2D eigenvalue weighted by Gasteiger charge is -2.14. The molecule has 1 heterocycles. The predicted molar refractivity (Wildman–Crippen MR) is 114 cm³/mol. The topological polar surface area (TPSA) is 42.0 Å². The van der Waals surface area contributed by atoms with Gasteiger partial charge in [0.25, 0.3) is 0 Å². The van der Waals surface area contributed by atoms with E-state index in [0.29, 0.717) is 5.75 Å². The fraction of sp³-hybridized carbons (Fsp3) is 0.304. The second-order valence-corrected chi connectivity index (χ2v) is 8.03. The lowest BCUT2D eigenvalue weighted by molar-refractivity contribution is -0.119. The van der Waals surface area contributed by atoms with Crippen molar-refractivity contribution < 1.29 is 4.79 Å². The zero-order valence-corrected chi connectivity index (χ0v) is 17.0. The van der Waals surface area contributed by atoms with Gasteiger partial charge < -0.3 is 5.32 Å². The molecule has 0 saturated heterocycles. The molecule has 1 N–H and O–H groups in total. The third kappa shape index (κ3) is 5.33. The van der Waals surface area contributed by atoms with E-state index >= 15 is 0 Å². The van der Waals surface area contributed by atoms with Crippen molar-refractivity contribution in [3.8, 4) is 0 Å². The van der Waals surface area contributed by atoms with Gasteiger partial charge in [0.2, 0.25) is 5.91 Å². The Morgan fingerprint density at radius 1 is 1.07 bits per heavy atom. The molecule has 1 aromatic heterocycles. The molecule has 3 nitrogen and oxygen atoms in total. The van der Waals surface area contributed by atoms with Gasteiger partial charge in [-0.05, 0) is 56.4 Å². The maximum absolute atomic E-state index is 12.3. The molecule has 3 rings (SSSR count). The zero-order valence-electron chi connectivity index (χ0n) is 16.2. The van der Waals surface area contributed by atoms with Crippen molar-refractivity contribution in [1.82, 2.24) is 10.3 Å². The van der Waals surface area contributed by atoms with Crippen molar-refractivity contribution in [2.24, 2.45) is 0 Å². The monoisotopic (exact) mass is 378 g/mol. The number of aromatic nitrogens is 1. The summed E-state index contributed by atoms with van der Waals surface area (Å²) >= 11 is 1.50.